The van der Waals surface area contributed by atoms with Gasteiger partial charge in [-0.3, -0.25) is 5.41 Å². The van der Waals surface area contributed by atoms with Crippen LogP contribution in [0.1, 0.15) is 13.3 Å². The summed E-state index contributed by atoms with van der Waals surface area (Å²) in [5.41, 5.74) is 0.952. The summed E-state index contributed by atoms with van der Waals surface area (Å²) < 4.78 is 0. The lowest BCUT2D eigenvalue weighted by atomic mass is 10.3. The summed E-state index contributed by atoms with van der Waals surface area (Å²) in [6, 6.07) is 0. The molecule has 44 valence electrons. The van der Waals surface area contributed by atoms with Gasteiger partial charge in [0.05, 0.1) is 0 Å². The topological polar surface area (TPSA) is 36.2 Å². The molecule has 0 spiro atoms. The predicted molar refractivity (Wildman–Crippen MR) is 36.7 cm³/mol. The second-order valence-electron chi connectivity index (χ2n) is 1.42. The van der Waals surface area contributed by atoms with Gasteiger partial charge in [0.15, 0.2) is 0 Å². The van der Waals surface area contributed by atoms with E-state index in [2.05, 4.69) is 11.6 Å². The van der Waals surface area contributed by atoms with Crippen molar-refractivity contribution in [3.8, 4) is 0 Å². The molecule has 0 aliphatic carbocycles. The lowest BCUT2D eigenvalue weighted by Gasteiger charge is -1.85. The van der Waals surface area contributed by atoms with E-state index in [9.17, 15) is 0 Å². The second-order valence-corrected chi connectivity index (χ2v) is 1.42. The van der Waals surface area contributed by atoms with Gasteiger partial charge in [0, 0.05) is 6.21 Å². The van der Waals surface area contributed by atoms with E-state index in [-0.39, 0.29) is 0 Å². The highest BCUT2D eigenvalue weighted by atomic mass is 14.7. The Bertz CT molecular complexity index is 114. The number of nitrogens with one attached hydrogen (secondary N) is 1. The molecular formula is C6H10N2. The van der Waals surface area contributed by atoms with Crippen molar-refractivity contribution in [1.29, 1.82) is 5.41 Å². The van der Waals surface area contributed by atoms with E-state index in [0.29, 0.717) is 0 Å². The molecule has 0 heterocycles. The van der Waals surface area contributed by atoms with Gasteiger partial charge in [-0.15, -0.1) is 0 Å². The largest absolute Gasteiger partial charge is 0.290 e. The fourth-order valence-corrected chi connectivity index (χ4v) is 0.234. The Morgan fingerprint density at radius 1 is 1.88 bits per heavy atom. The summed E-state index contributed by atoms with van der Waals surface area (Å²) in [6.07, 6.45) is 3.49. The first-order valence-electron chi connectivity index (χ1n) is 2.51. The maximum absolute atomic E-state index is 6.51. The number of aliphatic imine (C=N–C) groups is 1. The zero-order valence-electron chi connectivity index (χ0n) is 5.02. The van der Waals surface area contributed by atoms with Gasteiger partial charge in [0.1, 0.15) is 6.34 Å². The van der Waals surface area contributed by atoms with Gasteiger partial charge >= 0.3 is 0 Å². The van der Waals surface area contributed by atoms with Crippen molar-refractivity contribution < 1.29 is 0 Å². The van der Waals surface area contributed by atoms with Gasteiger partial charge in [-0.2, -0.15) is 0 Å². The van der Waals surface area contributed by atoms with Crippen LogP contribution >= 0.6 is 0 Å². The smallest absolute Gasteiger partial charge is 0.106 e. The molecule has 0 aliphatic heterocycles. The third-order valence-corrected chi connectivity index (χ3v) is 0.786. The molecule has 0 rings (SSSR count). The number of allylic oxidation sites excluding steroid dienone is 1. The van der Waals surface area contributed by atoms with E-state index >= 15 is 0 Å². The van der Waals surface area contributed by atoms with Crippen LogP contribution in [0.25, 0.3) is 0 Å². The fourth-order valence-electron chi connectivity index (χ4n) is 0.234. The van der Waals surface area contributed by atoms with Crippen molar-refractivity contribution in [2.24, 2.45) is 4.99 Å². The van der Waals surface area contributed by atoms with Crippen molar-refractivity contribution in [1.82, 2.24) is 0 Å². The van der Waals surface area contributed by atoms with Crippen LogP contribution in [0.3, 0.4) is 0 Å². The average molecular weight is 110 g/mol. The van der Waals surface area contributed by atoms with E-state index in [1.165, 1.54) is 0 Å². The molecule has 0 aromatic heterocycles. The normalized spacial score (nSPS) is 9.62. The molecule has 0 atom stereocenters. The van der Waals surface area contributed by atoms with Crippen LogP contribution in [-0.2, 0) is 0 Å². The van der Waals surface area contributed by atoms with Crippen LogP contribution in [0.15, 0.2) is 17.1 Å². The van der Waals surface area contributed by atoms with E-state index in [1.807, 2.05) is 6.92 Å². The van der Waals surface area contributed by atoms with E-state index in [0.717, 1.165) is 18.3 Å². The Morgan fingerprint density at radius 3 is 2.88 bits per heavy atom. The third kappa shape index (κ3) is 3.28. The van der Waals surface area contributed by atoms with Crippen LogP contribution < -0.4 is 0 Å². The molecule has 0 bridgehead atoms. The van der Waals surface area contributed by atoms with Gasteiger partial charge < -0.3 is 0 Å². The summed E-state index contributed by atoms with van der Waals surface area (Å²) in [7, 11) is 0. The highest BCUT2D eigenvalue weighted by Gasteiger charge is 1.77. The van der Waals surface area contributed by atoms with E-state index in [1.54, 1.807) is 6.21 Å². The van der Waals surface area contributed by atoms with Crippen LogP contribution in [0.5, 0.6) is 0 Å². The Morgan fingerprint density at radius 2 is 2.50 bits per heavy atom. The van der Waals surface area contributed by atoms with E-state index in [4.69, 9.17) is 5.41 Å². The molecule has 0 radical (unpaired) electrons. The SMILES string of the molecule is C=C(C=NC=N)CC. The third-order valence-electron chi connectivity index (χ3n) is 0.786. The zero-order chi connectivity index (χ0) is 6.41. The minimum Gasteiger partial charge on any atom is -0.290 e. The van der Waals surface area contributed by atoms with Crippen LogP contribution in [0.2, 0.25) is 0 Å². The molecule has 8 heavy (non-hydrogen) atoms. The number of hydrogen-bond acceptors (Lipinski definition) is 1. The van der Waals surface area contributed by atoms with Crippen LogP contribution in [0, 0.1) is 5.41 Å². The quantitative estimate of drug-likeness (QED) is 0.423. The molecular weight excluding hydrogens is 100 g/mol. The van der Waals surface area contributed by atoms with Crippen molar-refractivity contribution in [2.45, 2.75) is 13.3 Å². The minimum atomic E-state index is 0.900. The molecule has 0 amide bonds. The van der Waals surface area contributed by atoms with Gasteiger partial charge in [0.25, 0.3) is 0 Å². The lowest BCUT2D eigenvalue weighted by Crippen LogP contribution is -1.77. The molecule has 1 N–H and O–H groups in total. The van der Waals surface area contributed by atoms with Crippen molar-refractivity contribution in [3.05, 3.63) is 12.2 Å². The summed E-state index contributed by atoms with van der Waals surface area (Å²) in [5.74, 6) is 0. The predicted octanol–water partition coefficient (Wildman–Crippen LogP) is 1.63. The highest BCUT2D eigenvalue weighted by Crippen LogP contribution is 1.89. The first-order chi connectivity index (χ1) is 3.81. The molecule has 0 saturated carbocycles. The van der Waals surface area contributed by atoms with Gasteiger partial charge in [-0.25, -0.2) is 4.99 Å². The Labute approximate surface area is 49.5 Å². The van der Waals surface area contributed by atoms with Crippen LogP contribution in [-0.4, -0.2) is 12.6 Å². The first kappa shape index (κ1) is 7.08. The van der Waals surface area contributed by atoms with Gasteiger partial charge in [-0.05, 0) is 12.0 Å². The Hall–Kier alpha value is -0.920. The number of rotatable bonds is 3. The molecule has 0 aromatic carbocycles. The lowest BCUT2D eigenvalue weighted by molar-refractivity contribution is 1.19. The van der Waals surface area contributed by atoms with Gasteiger partial charge in [0.2, 0.25) is 0 Å². The van der Waals surface area contributed by atoms with Crippen LogP contribution in [0.4, 0.5) is 0 Å². The first-order valence-corrected chi connectivity index (χ1v) is 2.51. The fraction of sp³-hybridized carbons (Fsp3) is 0.333. The summed E-state index contributed by atoms with van der Waals surface area (Å²) in [4.78, 5) is 3.56. The van der Waals surface area contributed by atoms with Crippen molar-refractivity contribution in [3.63, 3.8) is 0 Å². The highest BCUT2D eigenvalue weighted by molar-refractivity contribution is 5.83. The maximum Gasteiger partial charge on any atom is 0.106 e. The maximum atomic E-state index is 6.51. The molecule has 0 aliphatic rings. The molecule has 0 saturated heterocycles. The van der Waals surface area contributed by atoms with E-state index < -0.39 is 0 Å². The minimum absolute atomic E-state index is 0.900. The molecule has 0 unspecified atom stereocenters. The molecule has 2 heteroatoms. The standard InChI is InChI=1S/C6H10N2/c1-3-6(2)4-8-5-7/h4-5,7H,2-3H2,1H3. The number of nitrogens with zero attached hydrogens (tertiary/aromatic N) is 1. The van der Waals surface area contributed by atoms with Crippen molar-refractivity contribution in [2.75, 3.05) is 0 Å². The van der Waals surface area contributed by atoms with Crippen molar-refractivity contribution >= 4 is 12.6 Å². The Balaban J connectivity index is 3.52. The molecule has 0 fully saturated rings. The summed E-state index contributed by atoms with van der Waals surface area (Å²) >= 11 is 0. The molecule has 2 nitrogen and oxygen atoms in total. The average Bonchev–Trinajstić information content (AvgIpc) is 1.83. The summed E-state index contributed by atoms with van der Waals surface area (Å²) in [6.45, 7) is 5.66. The van der Waals surface area contributed by atoms with Gasteiger partial charge in [-0.1, -0.05) is 13.5 Å². The second kappa shape index (κ2) is 4.24. The number of hydrogen-bond donors (Lipinski definition) is 1. The zero-order valence-corrected chi connectivity index (χ0v) is 5.02. The Kier molecular flexibility index (Phi) is 3.76. The monoisotopic (exact) mass is 110 g/mol. The molecule has 0 aromatic rings. The summed E-state index contributed by atoms with van der Waals surface area (Å²) in [5, 5.41) is 6.51.